The molecule has 1 saturated carbocycles. The van der Waals surface area contributed by atoms with E-state index in [9.17, 15) is 4.39 Å². The zero-order chi connectivity index (χ0) is 12.0. The number of benzene rings is 1. The molecular weight excluding hydrogens is 235 g/mol. The summed E-state index contributed by atoms with van der Waals surface area (Å²) in [5.41, 5.74) is 1.41. The van der Waals surface area contributed by atoms with Gasteiger partial charge in [-0.15, -0.1) is 0 Å². The highest BCUT2D eigenvalue weighted by molar-refractivity contribution is 7.71. The number of halogens is 1. The number of imidazole rings is 1. The number of rotatable bonds is 3. The lowest BCUT2D eigenvalue weighted by atomic mass is 10.1. The summed E-state index contributed by atoms with van der Waals surface area (Å²) < 4.78 is 16.3. The smallest absolute Gasteiger partial charge is 0.178 e. The van der Waals surface area contributed by atoms with Crippen molar-refractivity contribution in [3.8, 4) is 0 Å². The van der Waals surface area contributed by atoms with Gasteiger partial charge in [0.15, 0.2) is 4.77 Å². The summed E-state index contributed by atoms with van der Waals surface area (Å²) in [6, 6.07) is 5.46. The van der Waals surface area contributed by atoms with Crippen LogP contribution in [0.3, 0.4) is 0 Å². The number of nitrogens with one attached hydrogen (secondary N) is 1. The van der Waals surface area contributed by atoms with Crippen molar-refractivity contribution in [2.75, 3.05) is 0 Å². The molecule has 1 aliphatic rings. The first-order valence-electron chi connectivity index (χ1n) is 6.05. The van der Waals surface area contributed by atoms with E-state index < -0.39 is 0 Å². The number of nitrogens with zero attached hydrogens (tertiary/aromatic N) is 1. The summed E-state index contributed by atoms with van der Waals surface area (Å²) in [5.74, 6) is 0.608. The van der Waals surface area contributed by atoms with Gasteiger partial charge in [-0.3, -0.25) is 0 Å². The zero-order valence-electron chi connectivity index (χ0n) is 9.74. The third-order valence-electron chi connectivity index (χ3n) is 3.51. The largest absolute Gasteiger partial charge is 0.328 e. The predicted molar refractivity (Wildman–Crippen MR) is 69.1 cm³/mol. The van der Waals surface area contributed by atoms with Crippen molar-refractivity contribution in [2.24, 2.45) is 5.92 Å². The number of hydrogen-bond donors (Lipinski definition) is 1. The molecule has 1 atom stereocenters. The van der Waals surface area contributed by atoms with E-state index in [4.69, 9.17) is 12.2 Å². The molecule has 17 heavy (non-hydrogen) atoms. The molecule has 2 aromatic rings. The van der Waals surface area contributed by atoms with E-state index >= 15 is 0 Å². The van der Waals surface area contributed by atoms with Gasteiger partial charge < -0.3 is 9.55 Å². The number of H-pyrrole nitrogens is 1. The zero-order valence-corrected chi connectivity index (χ0v) is 10.6. The lowest BCUT2D eigenvalue weighted by molar-refractivity contribution is 0.483. The van der Waals surface area contributed by atoms with E-state index in [1.807, 2.05) is 10.6 Å². The Balaban J connectivity index is 2.11. The Morgan fingerprint density at radius 3 is 3.00 bits per heavy atom. The third kappa shape index (κ3) is 1.90. The van der Waals surface area contributed by atoms with Gasteiger partial charge in [-0.05, 0) is 43.6 Å². The Kier molecular flexibility index (Phi) is 2.54. The quantitative estimate of drug-likeness (QED) is 0.810. The van der Waals surface area contributed by atoms with Gasteiger partial charge in [0, 0.05) is 6.04 Å². The maximum Gasteiger partial charge on any atom is 0.178 e. The van der Waals surface area contributed by atoms with Crippen LogP contribution in [0.15, 0.2) is 18.2 Å². The fourth-order valence-electron chi connectivity index (χ4n) is 2.49. The van der Waals surface area contributed by atoms with Crippen LogP contribution < -0.4 is 0 Å². The SMILES string of the molecule is CC(CC1CC1)n1c(=S)[nH]c2c(F)cccc21. The average molecular weight is 250 g/mol. The fraction of sp³-hybridized carbons (Fsp3) is 0.462. The van der Waals surface area contributed by atoms with E-state index in [0.29, 0.717) is 16.3 Å². The van der Waals surface area contributed by atoms with Crippen LogP contribution in [-0.4, -0.2) is 9.55 Å². The number of hydrogen-bond acceptors (Lipinski definition) is 1. The molecule has 2 nitrogen and oxygen atoms in total. The van der Waals surface area contributed by atoms with Crippen LogP contribution in [-0.2, 0) is 0 Å². The summed E-state index contributed by atoms with van der Waals surface area (Å²) in [6.45, 7) is 2.16. The number of aromatic nitrogens is 2. The molecule has 3 rings (SSSR count). The number of aromatic amines is 1. The lowest BCUT2D eigenvalue weighted by Gasteiger charge is -2.13. The van der Waals surface area contributed by atoms with Gasteiger partial charge in [-0.1, -0.05) is 18.9 Å². The molecule has 1 aromatic heterocycles. The van der Waals surface area contributed by atoms with Crippen LogP contribution >= 0.6 is 12.2 Å². The van der Waals surface area contributed by atoms with Crippen LogP contribution in [0.1, 0.15) is 32.2 Å². The molecule has 0 aliphatic heterocycles. The second-order valence-corrected chi connectivity index (χ2v) is 5.35. The second-order valence-electron chi connectivity index (χ2n) is 4.96. The molecule has 90 valence electrons. The van der Waals surface area contributed by atoms with Crippen molar-refractivity contribution in [1.29, 1.82) is 0 Å². The molecule has 1 fully saturated rings. The molecule has 4 heteroatoms. The first kappa shape index (κ1) is 11.0. The van der Waals surface area contributed by atoms with Gasteiger partial charge in [0.1, 0.15) is 11.3 Å². The third-order valence-corrected chi connectivity index (χ3v) is 3.81. The Labute approximate surface area is 104 Å². The standard InChI is InChI=1S/C13H15FN2S/c1-8(7-9-5-6-9)16-11-4-2-3-10(14)12(11)15-13(16)17/h2-4,8-9H,5-7H2,1H3,(H,15,17). The van der Waals surface area contributed by atoms with E-state index in [2.05, 4.69) is 11.9 Å². The van der Waals surface area contributed by atoms with Gasteiger partial charge >= 0.3 is 0 Å². The van der Waals surface area contributed by atoms with E-state index in [0.717, 1.165) is 17.9 Å². The molecule has 1 aromatic carbocycles. The second kappa shape index (κ2) is 3.95. The van der Waals surface area contributed by atoms with Gasteiger partial charge in [0.05, 0.1) is 5.52 Å². The molecule has 0 radical (unpaired) electrons. The molecule has 1 aliphatic carbocycles. The summed E-state index contributed by atoms with van der Waals surface area (Å²) in [6.07, 6.45) is 3.79. The summed E-state index contributed by atoms with van der Waals surface area (Å²) >= 11 is 5.30. The molecule has 0 bridgehead atoms. The lowest BCUT2D eigenvalue weighted by Crippen LogP contribution is -2.05. The van der Waals surface area contributed by atoms with Crippen LogP contribution in [0.5, 0.6) is 0 Å². The van der Waals surface area contributed by atoms with Gasteiger partial charge in [-0.2, -0.15) is 0 Å². The summed E-state index contributed by atoms with van der Waals surface area (Å²) in [5, 5.41) is 0. The van der Waals surface area contributed by atoms with Gasteiger partial charge in [-0.25, -0.2) is 4.39 Å². The minimum atomic E-state index is -0.231. The highest BCUT2D eigenvalue weighted by atomic mass is 32.1. The minimum Gasteiger partial charge on any atom is -0.328 e. The Morgan fingerprint density at radius 1 is 1.53 bits per heavy atom. The fourth-order valence-corrected chi connectivity index (χ4v) is 2.87. The normalized spacial score (nSPS) is 17.5. The summed E-state index contributed by atoms with van der Waals surface area (Å²) in [7, 11) is 0. The van der Waals surface area contributed by atoms with Gasteiger partial charge in [0.2, 0.25) is 0 Å². The van der Waals surface area contributed by atoms with E-state index in [1.54, 1.807) is 6.07 Å². The predicted octanol–water partition coefficient (Wildman–Crippen LogP) is 4.20. The molecule has 1 unspecified atom stereocenters. The van der Waals surface area contributed by atoms with Crippen molar-refractivity contribution in [3.05, 3.63) is 28.8 Å². The monoisotopic (exact) mass is 250 g/mol. The van der Waals surface area contributed by atoms with Crippen LogP contribution in [0.25, 0.3) is 11.0 Å². The number of para-hydroxylation sites is 1. The molecular formula is C13H15FN2S. The Morgan fingerprint density at radius 2 is 2.29 bits per heavy atom. The summed E-state index contributed by atoms with van der Waals surface area (Å²) in [4.78, 5) is 2.97. The van der Waals surface area contributed by atoms with Crippen LogP contribution in [0.4, 0.5) is 4.39 Å². The van der Waals surface area contributed by atoms with Crippen molar-refractivity contribution in [3.63, 3.8) is 0 Å². The highest BCUT2D eigenvalue weighted by Gasteiger charge is 2.25. The Hall–Kier alpha value is -1.16. The van der Waals surface area contributed by atoms with Crippen molar-refractivity contribution < 1.29 is 4.39 Å². The van der Waals surface area contributed by atoms with Gasteiger partial charge in [0.25, 0.3) is 0 Å². The highest BCUT2D eigenvalue weighted by Crippen LogP contribution is 2.37. The molecule has 0 spiro atoms. The molecule has 1 N–H and O–H groups in total. The van der Waals surface area contributed by atoms with Crippen molar-refractivity contribution in [2.45, 2.75) is 32.2 Å². The minimum absolute atomic E-state index is 0.231. The Bertz CT molecular complexity index is 609. The number of fused-ring (bicyclic) bond motifs is 1. The van der Waals surface area contributed by atoms with Crippen molar-refractivity contribution in [1.82, 2.24) is 9.55 Å². The molecule has 0 saturated heterocycles. The molecule has 1 heterocycles. The first-order valence-corrected chi connectivity index (χ1v) is 6.46. The van der Waals surface area contributed by atoms with Crippen LogP contribution in [0.2, 0.25) is 0 Å². The molecule has 0 amide bonds. The topological polar surface area (TPSA) is 20.7 Å². The van der Waals surface area contributed by atoms with E-state index in [-0.39, 0.29) is 5.82 Å². The maximum atomic E-state index is 13.6. The first-order chi connectivity index (χ1) is 8.16. The van der Waals surface area contributed by atoms with E-state index in [1.165, 1.54) is 18.9 Å². The maximum absolute atomic E-state index is 13.6. The average Bonchev–Trinajstić information content (AvgIpc) is 3.00. The van der Waals surface area contributed by atoms with Crippen LogP contribution in [0, 0.1) is 16.5 Å². The van der Waals surface area contributed by atoms with Crippen molar-refractivity contribution >= 4 is 23.3 Å².